The molecule has 1 fully saturated rings. The normalized spacial score (nSPS) is 15.7. The van der Waals surface area contributed by atoms with Crippen molar-refractivity contribution < 1.29 is 14.7 Å². The summed E-state index contributed by atoms with van der Waals surface area (Å²) in [5.41, 5.74) is 10.7. The number of hydrogen-bond donors (Lipinski definition) is 2. The van der Waals surface area contributed by atoms with Gasteiger partial charge in [0.15, 0.2) is 11.6 Å². The van der Waals surface area contributed by atoms with Crippen LogP contribution in [0.5, 0.6) is 0 Å². The molecule has 5 aromatic rings. The van der Waals surface area contributed by atoms with E-state index < -0.39 is 12.0 Å². The molecule has 1 atom stereocenters. The van der Waals surface area contributed by atoms with Gasteiger partial charge in [-0.15, -0.1) is 0 Å². The van der Waals surface area contributed by atoms with Crippen molar-refractivity contribution in [2.75, 3.05) is 18.8 Å². The Labute approximate surface area is 205 Å². The maximum Gasteiger partial charge on any atom is 0.407 e. The van der Waals surface area contributed by atoms with Crippen LogP contribution >= 0.6 is 0 Å². The zero-order valence-corrected chi connectivity index (χ0v) is 19.3. The number of benzene rings is 2. The van der Waals surface area contributed by atoms with Gasteiger partial charge in [0, 0.05) is 36.2 Å². The molecule has 10 heteroatoms. The quantitative estimate of drug-likeness (QED) is 0.367. The molecule has 180 valence electrons. The van der Waals surface area contributed by atoms with E-state index in [4.69, 9.17) is 10.8 Å². The molecule has 1 amide bonds. The summed E-state index contributed by atoms with van der Waals surface area (Å²) in [5.74, 6) is -0.335. The van der Waals surface area contributed by atoms with Gasteiger partial charge in [-0.1, -0.05) is 42.5 Å². The van der Waals surface area contributed by atoms with Crippen LogP contribution in [-0.2, 0) is 6.54 Å². The first kappa shape index (κ1) is 21.8. The molecule has 1 saturated heterocycles. The average molecular weight is 482 g/mol. The Kier molecular flexibility index (Phi) is 5.14. The third kappa shape index (κ3) is 3.72. The van der Waals surface area contributed by atoms with Crippen LogP contribution in [0.15, 0.2) is 67.1 Å². The maximum absolute atomic E-state index is 13.4. The minimum Gasteiger partial charge on any atom is -0.465 e. The second kappa shape index (κ2) is 8.49. The molecule has 0 bridgehead atoms. The number of nitrogens with zero attached hydrogens (tertiary/aromatic N) is 6. The molecule has 2 aromatic carbocycles. The van der Waals surface area contributed by atoms with Gasteiger partial charge in [0.2, 0.25) is 0 Å². The van der Waals surface area contributed by atoms with E-state index in [2.05, 4.69) is 22.2 Å². The van der Waals surface area contributed by atoms with Gasteiger partial charge in [-0.05, 0) is 29.7 Å². The molecule has 6 rings (SSSR count). The van der Waals surface area contributed by atoms with Gasteiger partial charge in [0.05, 0.1) is 12.1 Å². The zero-order valence-electron chi connectivity index (χ0n) is 19.3. The van der Waals surface area contributed by atoms with Gasteiger partial charge in [0.1, 0.15) is 17.5 Å². The van der Waals surface area contributed by atoms with Crippen LogP contribution in [0, 0.1) is 5.92 Å². The van der Waals surface area contributed by atoms with Crippen LogP contribution in [-0.4, -0.2) is 59.4 Å². The molecule has 0 spiro atoms. The fourth-order valence-electron chi connectivity index (χ4n) is 4.91. The fraction of sp³-hybridized carbons (Fsp3) is 0.192. The molecule has 1 unspecified atom stereocenters. The summed E-state index contributed by atoms with van der Waals surface area (Å²) in [4.78, 5) is 30.2. The van der Waals surface area contributed by atoms with E-state index in [9.17, 15) is 14.7 Å². The zero-order chi connectivity index (χ0) is 24.8. The molecule has 0 radical (unpaired) electrons. The summed E-state index contributed by atoms with van der Waals surface area (Å²) in [6.07, 6.45) is 2.77. The number of carbonyl (C=O) groups excluding carboxylic acids is 1. The number of carboxylic acid groups (broad SMARTS) is 1. The van der Waals surface area contributed by atoms with Gasteiger partial charge < -0.3 is 15.7 Å². The van der Waals surface area contributed by atoms with Crippen molar-refractivity contribution in [1.82, 2.24) is 29.3 Å². The molecule has 10 nitrogen and oxygen atoms in total. The lowest BCUT2D eigenvalue weighted by atomic mass is 9.99. The summed E-state index contributed by atoms with van der Waals surface area (Å²) < 4.78 is 3.42. The molecule has 36 heavy (non-hydrogen) atoms. The number of hydrogen-bond acceptors (Lipinski definition) is 6. The molecule has 4 heterocycles. The molecule has 3 aromatic heterocycles. The van der Waals surface area contributed by atoms with E-state index in [0.29, 0.717) is 30.7 Å². The van der Waals surface area contributed by atoms with Crippen LogP contribution in [0.4, 0.5) is 10.6 Å². The van der Waals surface area contributed by atoms with Gasteiger partial charge in [-0.2, -0.15) is 10.2 Å². The molecule has 0 saturated carbocycles. The topological polar surface area (TPSA) is 132 Å². The van der Waals surface area contributed by atoms with Crippen LogP contribution in [0.3, 0.4) is 0 Å². The minimum absolute atomic E-state index is 0.161. The Balaban J connectivity index is 1.39. The summed E-state index contributed by atoms with van der Waals surface area (Å²) in [7, 11) is 0. The second-order valence-electron chi connectivity index (χ2n) is 9.01. The van der Waals surface area contributed by atoms with E-state index >= 15 is 0 Å². The van der Waals surface area contributed by atoms with Crippen LogP contribution in [0.2, 0.25) is 0 Å². The van der Waals surface area contributed by atoms with Crippen molar-refractivity contribution in [2.45, 2.75) is 13.0 Å². The first-order chi connectivity index (χ1) is 17.5. The number of aromatic nitrogens is 5. The van der Waals surface area contributed by atoms with E-state index in [1.807, 2.05) is 47.3 Å². The lowest BCUT2D eigenvalue weighted by Crippen LogP contribution is -2.28. The first-order valence-electron chi connectivity index (χ1n) is 11.6. The highest BCUT2D eigenvalue weighted by Gasteiger charge is 2.33. The number of fused-ring (bicyclic) bond motifs is 2. The number of ketones is 1. The average Bonchev–Trinajstić information content (AvgIpc) is 3.61. The SMILES string of the molecule is Nc1ncnn2c(C(=O)C3CCN(C(=O)O)C3)cc(-c3ccc4cn(Cc5ccccc5)nc4c3)c12. The number of rotatable bonds is 5. The molecule has 1 aliphatic heterocycles. The number of anilines is 1. The maximum atomic E-state index is 13.4. The Morgan fingerprint density at radius 3 is 2.72 bits per heavy atom. The van der Waals surface area contributed by atoms with E-state index in [1.54, 1.807) is 6.07 Å². The number of nitrogen functional groups attached to an aromatic ring is 1. The van der Waals surface area contributed by atoms with Crippen molar-refractivity contribution in [3.8, 4) is 11.1 Å². The highest BCUT2D eigenvalue weighted by molar-refractivity contribution is 6.03. The minimum atomic E-state index is -1.02. The molecule has 1 aliphatic rings. The highest BCUT2D eigenvalue weighted by atomic mass is 16.4. The van der Waals surface area contributed by atoms with Gasteiger partial charge >= 0.3 is 6.09 Å². The third-order valence-electron chi connectivity index (χ3n) is 6.72. The second-order valence-corrected chi connectivity index (χ2v) is 9.01. The Morgan fingerprint density at radius 2 is 1.94 bits per heavy atom. The highest BCUT2D eigenvalue weighted by Crippen LogP contribution is 2.33. The molecule has 3 N–H and O–H groups in total. The summed E-state index contributed by atoms with van der Waals surface area (Å²) >= 11 is 0. The summed E-state index contributed by atoms with van der Waals surface area (Å²) in [6, 6.07) is 17.8. The lowest BCUT2D eigenvalue weighted by Gasteiger charge is -2.11. The lowest BCUT2D eigenvalue weighted by molar-refractivity contribution is 0.0915. The standard InChI is InChI=1S/C26H23N7O3/c27-25-23-20(11-22(33(23)29-15-28-25)24(34)19-8-9-31(13-19)26(35)36)17-6-7-18-14-32(30-21(18)10-17)12-16-4-2-1-3-5-16/h1-7,10-11,14-15,19H,8-9,12-13H2,(H,35,36)(H2,27,28,29). The number of nitrogens with two attached hydrogens (primary N) is 1. The third-order valence-corrected chi connectivity index (χ3v) is 6.72. The van der Waals surface area contributed by atoms with Gasteiger partial charge in [-0.3, -0.25) is 9.48 Å². The Morgan fingerprint density at radius 1 is 1.11 bits per heavy atom. The predicted octanol–water partition coefficient (Wildman–Crippen LogP) is 3.56. The summed E-state index contributed by atoms with van der Waals surface area (Å²) in [6.45, 7) is 1.16. The Hall–Kier alpha value is -4.73. The molecule has 0 aliphatic carbocycles. The van der Waals surface area contributed by atoms with Crippen LogP contribution in [0.1, 0.15) is 22.5 Å². The fourth-order valence-corrected chi connectivity index (χ4v) is 4.91. The first-order valence-corrected chi connectivity index (χ1v) is 11.6. The van der Waals surface area contributed by atoms with E-state index in [-0.39, 0.29) is 18.1 Å². The molecular formula is C26H23N7O3. The van der Waals surface area contributed by atoms with E-state index in [1.165, 1.54) is 15.7 Å². The number of carbonyl (C=O) groups is 2. The van der Waals surface area contributed by atoms with Crippen molar-refractivity contribution in [3.05, 3.63) is 78.4 Å². The summed E-state index contributed by atoms with van der Waals surface area (Å²) in [5, 5.41) is 19.3. The van der Waals surface area contributed by atoms with Gasteiger partial charge in [0.25, 0.3) is 0 Å². The van der Waals surface area contributed by atoms with Crippen molar-refractivity contribution in [3.63, 3.8) is 0 Å². The Bertz CT molecular complexity index is 1620. The number of Topliss-reactive ketones (excluding diaryl/α,β-unsaturated/α-hetero) is 1. The van der Waals surface area contributed by atoms with Gasteiger partial charge in [-0.25, -0.2) is 14.3 Å². The van der Waals surface area contributed by atoms with E-state index in [0.717, 1.165) is 27.6 Å². The van der Waals surface area contributed by atoms with Crippen LogP contribution < -0.4 is 5.73 Å². The number of likely N-dealkylation sites (tertiary alicyclic amines) is 1. The van der Waals surface area contributed by atoms with Crippen molar-refractivity contribution in [2.24, 2.45) is 5.92 Å². The van der Waals surface area contributed by atoms with Crippen molar-refractivity contribution >= 4 is 34.1 Å². The predicted molar refractivity (Wildman–Crippen MR) is 134 cm³/mol. The largest absolute Gasteiger partial charge is 0.465 e. The van der Waals surface area contributed by atoms with Crippen molar-refractivity contribution in [1.29, 1.82) is 0 Å². The number of amides is 1. The smallest absolute Gasteiger partial charge is 0.407 e. The monoisotopic (exact) mass is 481 g/mol. The van der Waals surface area contributed by atoms with Crippen LogP contribution in [0.25, 0.3) is 27.5 Å². The molecular weight excluding hydrogens is 458 g/mol.